The lowest BCUT2D eigenvalue weighted by molar-refractivity contribution is -0.155. The van der Waals surface area contributed by atoms with E-state index >= 15 is 0 Å². The van der Waals surface area contributed by atoms with Gasteiger partial charge in [-0.3, -0.25) is 4.79 Å². The molecule has 0 spiro atoms. The van der Waals surface area contributed by atoms with E-state index in [1.165, 1.54) is 15.8 Å². The number of carbonyl (C=O) groups is 2. The van der Waals surface area contributed by atoms with Gasteiger partial charge < -0.3 is 10.0 Å². The number of carboxylic acids is 1. The van der Waals surface area contributed by atoms with Crippen molar-refractivity contribution in [3.8, 4) is 0 Å². The minimum Gasteiger partial charge on any atom is -0.480 e. The molecule has 1 N–H and O–H groups in total. The van der Waals surface area contributed by atoms with Crippen molar-refractivity contribution in [3.63, 3.8) is 0 Å². The van der Waals surface area contributed by atoms with Gasteiger partial charge in [-0.2, -0.15) is 0 Å². The maximum Gasteiger partial charge on any atom is 0.329 e. The normalized spacial score (nSPS) is 23.9. The molecule has 0 saturated carbocycles. The first-order valence-corrected chi connectivity index (χ1v) is 5.42. The van der Waals surface area contributed by atoms with E-state index in [-0.39, 0.29) is 12.5 Å². The second-order valence-corrected chi connectivity index (χ2v) is 4.33. The van der Waals surface area contributed by atoms with Crippen molar-refractivity contribution in [1.82, 2.24) is 19.9 Å². The van der Waals surface area contributed by atoms with E-state index in [9.17, 15) is 14.7 Å². The number of aromatic nitrogens is 3. The summed E-state index contributed by atoms with van der Waals surface area (Å²) in [5, 5.41) is 16.5. The Balaban J connectivity index is 2.11. The van der Waals surface area contributed by atoms with E-state index in [0.717, 1.165) is 0 Å². The molecule has 1 amide bonds. The molecule has 17 heavy (non-hydrogen) atoms. The van der Waals surface area contributed by atoms with Crippen LogP contribution in [-0.4, -0.2) is 49.0 Å². The number of rotatable bonds is 3. The van der Waals surface area contributed by atoms with Gasteiger partial charge in [0.05, 0.1) is 6.20 Å². The zero-order valence-electron chi connectivity index (χ0n) is 9.54. The largest absolute Gasteiger partial charge is 0.480 e. The Labute approximate surface area is 98.0 Å². The van der Waals surface area contributed by atoms with E-state index in [0.29, 0.717) is 19.4 Å². The fraction of sp³-hybridized carbons (Fsp3) is 0.600. The van der Waals surface area contributed by atoms with Crippen LogP contribution in [0.4, 0.5) is 0 Å². The molecule has 1 aromatic heterocycles. The molecule has 2 rings (SSSR count). The van der Waals surface area contributed by atoms with E-state index in [4.69, 9.17) is 0 Å². The molecule has 0 radical (unpaired) electrons. The van der Waals surface area contributed by atoms with Crippen LogP contribution in [0.2, 0.25) is 0 Å². The second-order valence-electron chi connectivity index (χ2n) is 4.33. The maximum atomic E-state index is 12.0. The van der Waals surface area contributed by atoms with Gasteiger partial charge in [-0.05, 0) is 19.8 Å². The first-order chi connectivity index (χ1) is 8.04. The van der Waals surface area contributed by atoms with Crippen LogP contribution in [0.25, 0.3) is 0 Å². The van der Waals surface area contributed by atoms with Crippen LogP contribution in [-0.2, 0) is 16.1 Å². The number of amides is 1. The number of hydrogen-bond donors (Lipinski definition) is 1. The fourth-order valence-electron chi connectivity index (χ4n) is 2.13. The van der Waals surface area contributed by atoms with Crippen LogP contribution in [0.15, 0.2) is 12.4 Å². The van der Waals surface area contributed by atoms with Crippen molar-refractivity contribution in [2.24, 2.45) is 0 Å². The topological polar surface area (TPSA) is 88.3 Å². The molecule has 2 heterocycles. The molecule has 92 valence electrons. The Hall–Kier alpha value is -1.92. The molecule has 1 aromatic rings. The highest BCUT2D eigenvalue weighted by Crippen LogP contribution is 2.29. The summed E-state index contributed by atoms with van der Waals surface area (Å²) in [6, 6.07) is 0. The average molecular weight is 238 g/mol. The van der Waals surface area contributed by atoms with E-state index in [1.54, 1.807) is 13.1 Å². The Bertz CT molecular complexity index is 431. The minimum absolute atomic E-state index is 0.0306. The van der Waals surface area contributed by atoms with Crippen LogP contribution in [0.1, 0.15) is 19.8 Å². The fourth-order valence-corrected chi connectivity index (χ4v) is 2.13. The van der Waals surface area contributed by atoms with Gasteiger partial charge in [0.25, 0.3) is 0 Å². The van der Waals surface area contributed by atoms with Crippen LogP contribution in [0, 0.1) is 0 Å². The van der Waals surface area contributed by atoms with Crippen molar-refractivity contribution in [2.45, 2.75) is 31.8 Å². The van der Waals surface area contributed by atoms with E-state index < -0.39 is 11.5 Å². The summed E-state index contributed by atoms with van der Waals surface area (Å²) in [6.45, 7) is 2.10. The summed E-state index contributed by atoms with van der Waals surface area (Å²) in [6.07, 6.45) is 4.26. The lowest BCUT2D eigenvalue weighted by atomic mass is 9.99. The molecular formula is C10H14N4O3. The van der Waals surface area contributed by atoms with Crippen molar-refractivity contribution >= 4 is 11.9 Å². The lowest BCUT2D eigenvalue weighted by Gasteiger charge is -2.31. The molecule has 1 aliphatic rings. The van der Waals surface area contributed by atoms with Gasteiger partial charge in [0.15, 0.2) is 0 Å². The summed E-state index contributed by atoms with van der Waals surface area (Å²) >= 11 is 0. The molecule has 1 aliphatic heterocycles. The average Bonchev–Trinajstić information content (AvgIpc) is 2.87. The molecular weight excluding hydrogens is 224 g/mol. The zero-order valence-corrected chi connectivity index (χ0v) is 9.54. The quantitative estimate of drug-likeness (QED) is 0.784. The lowest BCUT2D eigenvalue weighted by Crippen LogP contribution is -2.51. The SMILES string of the molecule is CC1(C(=O)O)CCCN1C(=O)Cn1ccnn1. The Kier molecular flexibility index (Phi) is 2.83. The molecule has 1 atom stereocenters. The molecule has 1 saturated heterocycles. The number of carbonyl (C=O) groups excluding carboxylic acids is 1. The number of hydrogen-bond acceptors (Lipinski definition) is 4. The molecule has 1 unspecified atom stereocenters. The molecule has 7 heteroatoms. The highest BCUT2D eigenvalue weighted by Gasteiger charge is 2.45. The van der Waals surface area contributed by atoms with Gasteiger partial charge in [0.1, 0.15) is 12.1 Å². The van der Waals surface area contributed by atoms with Crippen LogP contribution < -0.4 is 0 Å². The Morgan fingerprint density at radius 2 is 2.29 bits per heavy atom. The molecule has 1 fully saturated rings. The monoisotopic (exact) mass is 238 g/mol. The zero-order chi connectivity index (χ0) is 12.5. The standard InChI is InChI=1S/C10H14N4O3/c1-10(9(16)17)3-2-5-14(10)8(15)7-13-6-4-11-12-13/h4,6H,2-3,5,7H2,1H3,(H,16,17). The summed E-state index contributed by atoms with van der Waals surface area (Å²) < 4.78 is 1.39. The third-order valence-electron chi connectivity index (χ3n) is 3.17. The summed E-state index contributed by atoms with van der Waals surface area (Å²) in [4.78, 5) is 24.6. The Morgan fingerprint density at radius 1 is 1.53 bits per heavy atom. The maximum absolute atomic E-state index is 12.0. The van der Waals surface area contributed by atoms with Crippen molar-refractivity contribution in [2.75, 3.05) is 6.54 Å². The van der Waals surface area contributed by atoms with Crippen molar-refractivity contribution in [3.05, 3.63) is 12.4 Å². The first-order valence-electron chi connectivity index (χ1n) is 5.42. The van der Waals surface area contributed by atoms with Crippen LogP contribution in [0.5, 0.6) is 0 Å². The highest BCUT2D eigenvalue weighted by atomic mass is 16.4. The van der Waals surface area contributed by atoms with Crippen molar-refractivity contribution < 1.29 is 14.7 Å². The third-order valence-corrected chi connectivity index (χ3v) is 3.17. The van der Waals surface area contributed by atoms with Gasteiger partial charge in [-0.25, -0.2) is 9.48 Å². The van der Waals surface area contributed by atoms with Gasteiger partial charge in [0, 0.05) is 12.7 Å². The van der Waals surface area contributed by atoms with Crippen LogP contribution in [0.3, 0.4) is 0 Å². The predicted molar refractivity (Wildman–Crippen MR) is 57.0 cm³/mol. The summed E-state index contributed by atoms with van der Waals surface area (Å²) in [5.41, 5.74) is -1.09. The Morgan fingerprint density at radius 3 is 2.88 bits per heavy atom. The number of nitrogens with zero attached hydrogens (tertiary/aromatic N) is 4. The molecule has 0 aliphatic carbocycles. The van der Waals surface area contributed by atoms with Gasteiger partial charge in [-0.1, -0.05) is 5.21 Å². The molecule has 7 nitrogen and oxygen atoms in total. The minimum atomic E-state index is -1.09. The van der Waals surface area contributed by atoms with Gasteiger partial charge in [0.2, 0.25) is 5.91 Å². The van der Waals surface area contributed by atoms with E-state index in [1.807, 2.05) is 0 Å². The molecule has 0 aromatic carbocycles. The van der Waals surface area contributed by atoms with Gasteiger partial charge >= 0.3 is 5.97 Å². The highest BCUT2D eigenvalue weighted by molar-refractivity contribution is 5.87. The van der Waals surface area contributed by atoms with Crippen LogP contribution >= 0.6 is 0 Å². The first kappa shape index (κ1) is 11.6. The number of likely N-dealkylation sites (tertiary alicyclic amines) is 1. The summed E-state index contributed by atoms with van der Waals surface area (Å²) in [5.74, 6) is -1.19. The van der Waals surface area contributed by atoms with Crippen molar-refractivity contribution in [1.29, 1.82) is 0 Å². The van der Waals surface area contributed by atoms with E-state index in [2.05, 4.69) is 10.3 Å². The number of carboxylic acid groups (broad SMARTS) is 1. The smallest absolute Gasteiger partial charge is 0.329 e. The second kappa shape index (κ2) is 4.15. The third kappa shape index (κ3) is 2.00. The molecule has 0 bridgehead atoms. The number of aliphatic carboxylic acids is 1. The predicted octanol–water partition coefficient (Wildman–Crippen LogP) is -0.256. The summed E-state index contributed by atoms with van der Waals surface area (Å²) in [7, 11) is 0. The van der Waals surface area contributed by atoms with Gasteiger partial charge in [-0.15, -0.1) is 5.10 Å².